The summed E-state index contributed by atoms with van der Waals surface area (Å²) >= 11 is 0. The van der Waals surface area contributed by atoms with Crippen molar-refractivity contribution >= 4 is 0 Å². The lowest BCUT2D eigenvalue weighted by Gasteiger charge is -2.17. The lowest BCUT2D eigenvalue weighted by atomic mass is 10.0. The summed E-state index contributed by atoms with van der Waals surface area (Å²) in [4.78, 5) is 0. The van der Waals surface area contributed by atoms with Gasteiger partial charge in [0.2, 0.25) is 0 Å². The van der Waals surface area contributed by atoms with Gasteiger partial charge in [0.15, 0.2) is 0 Å². The van der Waals surface area contributed by atoms with E-state index in [0.29, 0.717) is 17.1 Å². The molecule has 0 saturated heterocycles. The van der Waals surface area contributed by atoms with E-state index in [4.69, 9.17) is 15.2 Å². The lowest BCUT2D eigenvalue weighted by Crippen LogP contribution is -2.16. The van der Waals surface area contributed by atoms with Gasteiger partial charge in [-0.05, 0) is 24.6 Å². The van der Waals surface area contributed by atoms with Gasteiger partial charge in [-0.1, -0.05) is 0 Å². The number of halogens is 3. The molecule has 1 unspecified atom stereocenters. The Labute approximate surface area is 104 Å². The second kappa shape index (κ2) is 5.95. The van der Waals surface area contributed by atoms with E-state index in [1.165, 1.54) is 14.2 Å². The molecule has 0 saturated carbocycles. The lowest BCUT2D eigenvalue weighted by molar-refractivity contribution is -0.136. The van der Waals surface area contributed by atoms with Gasteiger partial charge in [0.1, 0.15) is 11.5 Å². The molecule has 0 spiro atoms. The van der Waals surface area contributed by atoms with Crippen molar-refractivity contribution in [2.24, 2.45) is 5.73 Å². The van der Waals surface area contributed by atoms with Gasteiger partial charge in [-0.2, -0.15) is 13.2 Å². The number of hydrogen-bond donors (Lipinski definition) is 1. The van der Waals surface area contributed by atoms with Gasteiger partial charge >= 0.3 is 6.18 Å². The smallest absolute Gasteiger partial charge is 0.389 e. The summed E-state index contributed by atoms with van der Waals surface area (Å²) in [6.45, 7) is 0. The fourth-order valence-electron chi connectivity index (χ4n) is 1.60. The third-order valence-corrected chi connectivity index (χ3v) is 2.58. The SMILES string of the molecule is COc1ccc(OC)c(C(N)CCC(F)(F)F)c1. The Bertz CT molecular complexity index is 393. The van der Waals surface area contributed by atoms with E-state index in [-0.39, 0.29) is 6.42 Å². The molecule has 0 bridgehead atoms. The highest BCUT2D eigenvalue weighted by atomic mass is 19.4. The first-order chi connectivity index (χ1) is 8.37. The first-order valence-electron chi connectivity index (χ1n) is 5.41. The molecular formula is C12H16F3NO2. The summed E-state index contributed by atoms with van der Waals surface area (Å²) in [6, 6.07) is 4.15. The average molecular weight is 263 g/mol. The molecule has 0 aliphatic heterocycles. The predicted molar refractivity (Wildman–Crippen MR) is 61.8 cm³/mol. The van der Waals surface area contributed by atoms with Gasteiger partial charge in [0.25, 0.3) is 0 Å². The molecule has 1 atom stereocenters. The minimum Gasteiger partial charge on any atom is -0.497 e. The van der Waals surface area contributed by atoms with E-state index < -0.39 is 18.6 Å². The van der Waals surface area contributed by atoms with E-state index >= 15 is 0 Å². The summed E-state index contributed by atoms with van der Waals surface area (Å²) in [5.41, 5.74) is 6.28. The summed E-state index contributed by atoms with van der Waals surface area (Å²) in [5, 5.41) is 0. The summed E-state index contributed by atoms with van der Waals surface area (Å²) in [6.07, 6.45) is -5.31. The quantitative estimate of drug-likeness (QED) is 0.888. The van der Waals surface area contributed by atoms with Gasteiger partial charge < -0.3 is 15.2 Å². The highest BCUT2D eigenvalue weighted by Gasteiger charge is 2.28. The van der Waals surface area contributed by atoms with E-state index in [2.05, 4.69) is 0 Å². The van der Waals surface area contributed by atoms with Crippen LogP contribution >= 0.6 is 0 Å². The summed E-state index contributed by atoms with van der Waals surface area (Å²) < 4.78 is 46.5. The minimum absolute atomic E-state index is 0.187. The van der Waals surface area contributed by atoms with Crippen LogP contribution in [-0.2, 0) is 0 Å². The molecule has 0 radical (unpaired) electrons. The molecule has 2 N–H and O–H groups in total. The van der Waals surface area contributed by atoms with Crippen molar-refractivity contribution in [2.75, 3.05) is 14.2 Å². The Balaban J connectivity index is 2.85. The van der Waals surface area contributed by atoms with Gasteiger partial charge in [-0.15, -0.1) is 0 Å². The minimum atomic E-state index is -4.20. The fourth-order valence-corrected chi connectivity index (χ4v) is 1.60. The fraction of sp³-hybridized carbons (Fsp3) is 0.500. The van der Waals surface area contributed by atoms with E-state index in [1.54, 1.807) is 18.2 Å². The number of ether oxygens (including phenoxy) is 2. The molecule has 0 amide bonds. The summed E-state index contributed by atoms with van der Waals surface area (Å²) in [5.74, 6) is 0.999. The molecule has 102 valence electrons. The molecule has 1 aromatic rings. The zero-order valence-corrected chi connectivity index (χ0v) is 10.3. The van der Waals surface area contributed by atoms with Crippen LogP contribution in [0.2, 0.25) is 0 Å². The number of alkyl halides is 3. The number of hydrogen-bond acceptors (Lipinski definition) is 3. The number of benzene rings is 1. The molecule has 0 fully saturated rings. The van der Waals surface area contributed by atoms with Crippen molar-refractivity contribution < 1.29 is 22.6 Å². The van der Waals surface area contributed by atoms with E-state index in [0.717, 1.165) is 0 Å². The van der Waals surface area contributed by atoms with Crippen LogP contribution in [0, 0.1) is 0 Å². The Morgan fingerprint density at radius 1 is 1.22 bits per heavy atom. The third-order valence-electron chi connectivity index (χ3n) is 2.58. The van der Waals surface area contributed by atoms with Crippen LogP contribution < -0.4 is 15.2 Å². The van der Waals surface area contributed by atoms with Gasteiger partial charge in [-0.25, -0.2) is 0 Å². The van der Waals surface area contributed by atoms with Crippen molar-refractivity contribution in [3.63, 3.8) is 0 Å². The zero-order chi connectivity index (χ0) is 13.8. The number of nitrogens with two attached hydrogens (primary N) is 1. The van der Waals surface area contributed by atoms with Crippen LogP contribution in [0.5, 0.6) is 11.5 Å². The Kier molecular flexibility index (Phi) is 4.84. The second-order valence-corrected chi connectivity index (χ2v) is 3.87. The second-order valence-electron chi connectivity index (χ2n) is 3.87. The van der Waals surface area contributed by atoms with Gasteiger partial charge in [0.05, 0.1) is 14.2 Å². The number of rotatable bonds is 5. The molecule has 3 nitrogen and oxygen atoms in total. The van der Waals surface area contributed by atoms with Crippen LogP contribution in [-0.4, -0.2) is 20.4 Å². The van der Waals surface area contributed by atoms with Crippen LogP contribution in [0.1, 0.15) is 24.4 Å². The Morgan fingerprint density at radius 2 is 1.89 bits per heavy atom. The highest BCUT2D eigenvalue weighted by Crippen LogP contribution is 2.32. The highest BCUT2D eigenvalue weighted by molar-refractivity contribution is 5.42. The van der Waals surface area contributed by atoms with Gasteiger partial charge in [0, 0.05) is 18.0 Å². The monoisotopic (exact) mass is 263 g/mol. The normalized spacial score (nSPS) is 13.2. The molecule has 0 aliphatic rings. The molecule has 1 aromatic carbocycles. The summed E-state index contributed by atoms with van der Waals surface area (Å²) in [7, 11) is 2.93. The maximum Gasteiger partial charge on any atom is 0.389 e. The zero-order valence-electron chi connectivity index (χ0n) is 10.3. The van der Waals surface area contributed by atoms with Gasteiger partial charge in [-0.3, -0.25) is 0 Å². The number of methoxy groups -OCH3 is 2. The van der Waals surface area contributed by atoms with Crippen molar-refractivity contribution in [1.29, 1.82) is 0 Å². The molecule has 18 heavy (non-hydrogen) atoms. The van der Waals surface area contributed by atoms with Crippen molar-refractivity contribution in [1.82, 2.24) is 0 Å². The first kappa shape index (κ1) is 14.6. The molecule has 0 heterocycles. The predicted octanol–water partition coefficient (Wildman–Crippen LogP) is 3.05. The maximum atomic E-state index is 12.1. The van der Waals surface area contributed by atoms with Crippen LogP contribution in [0.25, 0.3) is 0 Å². The molecular weight excluding hydrogens is 247 g/mol. The van der Waals surface area contributed by atoms with Crippen LogP contribution in [0.15, 0.2) is 18.2 Å². The van der Waals surface area contributed by atoms with Crippen LogP contribution in [0.3, 0.4) is 0 Å². The van der Waals surface area contributed by atoms with Crippen molar-refractivity contribution in [2.45, 2.75) is 25.1 Å². The first-order valence-corrected chi connectivity index (χ1v) is 5.41. The van der Waals surface area contributed by atoms with E-state index in [1.807, 2.05) is 0 Å². The molecule has 6 heteroatoms. The Morgan fingerprint density at radius 3 is 2.39 bits per heavy atom. The standard InChI is InChI=1S/C12H16F3NO2/c1-17-8-3-4-11(18-2)9(7-8)10(16)5-6-12(13,14)15/h3-4,7,10H,5-6,16H2,1-2H3. The Hall–Kier alpha value is -1.43. The van der Waals surface area contributed by atoms with Crippen molar-refractivity contribution in [3.05, 3.63) is 23.8 Å². The van der Waals surface area contributed by atoms with Crippen molar-refractivity contribution in [3.8, 4) is 11.5 Å². The van der Waals surface area contributed by atoms with E-state index in [9.17, 15) is 13.2 Å². The average Bonchev–Trinajstić information content (AvgIpc) is 2.34. The van der Waals surface area contributed by atoms with Crippen LogP contribution in [0.4, 0.5) is 13.2 Å². The third kappa shape index (κ3) is 4.10. The molecule has 0 aliphatic carbocycles. The molecule has 1 rings (SSSR count). The molecule has 0 aromatic heterocycles. The topological polar surface area (TPSA) is 44.5 Å². The maximum absolute atomic E-state index is 12.1. The largest absolute Gasteiger partial charge is 0.497 e.